The lowest BCUT2D eigenvalue weighted by atomic mass is 10.1. The van der Waals surface area contributed by atoms with E-state index in [9.17, 15) is 4.79 Å². The van der Waals surface area contributed by atoms with Crippen molar-refractivity contribution >= 4 is 44.2 Å². The highest BCUT2D eigenvalue weighted by Gasteiger charge is 2.23. The number of amides is 1. The van der Waals surface area contributed by atoms with Crippen LogP contribution in [-0.2, 0) is 0 Å². The third kappa shape index (κ3) is 4.06. The summed E-state index contributed by atoms with van der Waals surface area (Å²) in [6.07, 6.45) is 0.906. The molecule has 1 N–H and O–H groups in total. The molecule has 0 bridgehead atoms. The summed E-state index contributed by atoms with van der Waals surface area (Å²) in [7, 11) is 4.23. The average molecular weight is 389 g/mol. The Labute approximate surface area is 163 Å². The number of anilines is 1. The molecule has 1 aromatic heterocycles. The molecule has 0 aliphatic carbocycles. The smallest absolute Gasteiger partial charge is 0.260 e. The molecule has 0 spiro atoms. The van der Waals surface area contributed by atoms with Crippen molar-refractivity contribution in [2.45, 2.75) is 13.3 Å². The summed E-state index contributed by atoms with van der Waals surface area (Å²) in [6.45, 7) is 3.59. The van der Waals surface area contributed by atoms with E-state index in [0.717, 1.165) is 34.3 Å². The molecule has 0 saturated carbocycles. The summed E-state index contributed by atoms with van der Waals surface area (Å²) in [5, 5.41) is 1.32. The van der Waals surface area contributed by atoms with E-state index in [1.165, 1.54) is 16.2 Å². The minimum Gasteiger partial charge on any atom is -0.340 e. The van der Waals surface area contributed by atoms with Crippen LogP contribution >= 0.6 is 22.9 Å². The van der Waals surface area contributed by atoms with Gasteiger partial charge >= 0.3 is 0 Å². The molecule has 3 aromatic rings. The molecule has 1 amide bonds. The summed E-state index contributed by atoms with van der Waals surface area (Å²) in [5.74, 6) is -0.00738. The van der Waals surface area contributed by atoms with Gasteiger partial charge in [0.05, 0.1) is 30.4 Å². The monoisotopic (exact) mass is 388 g/mol. The van der Waals surface area contributed by atoms with E-state index < -0.39 is 0 Å². The van der Waals surface area contributed by atoms with Crippen molar-refractivity contribution in [1.82, 2.24) is 4.98 Å². The van der Waals surface area contributed by atoms with Gasteiger partial charge in [-0.05, 0) is 30.7 Å². The molecule has 4 nitrogen and oxygen atoms in total. The second-order valence-corrected chi connectivity index (χ2v) is 8.08. The van der Waals surface area contributed by atoms with Crippen molar-refractivity contribution in [3.8, 4) is 0 Å². The van der Waals surface area contributed by atoms with E-state index in [-0.39, 0.29) is 5.91 Å². The zero-order valence-electron chi connectivity index (χ0n) is 15.3. The highest BCUT2D eigenvalue weighted by molar-refractivity contribution is 7.22. The first-order valence-corrected chi connectivity index (χ1v) is 9.88. The van der Waals surface area contributed by atoms with Gasteiger partial charge in [0, 0.05) is 18.5 Å². The predicted octanol–water partition coefficient (Wildman–Crippen LogP) is 3.44. The number of nitrogens with one attached hydrogen (secondary N) is 1. The Morgan fingerprint density at radius 3 is 2.65 bits per heavy atom. The fourth-order valence-corrected chi connectivity index (χ4v) is 4.14. The molecular formula is C20H23ClN3OS+. The number of thiazole rings is 1. The summed E-state index contributed by atoms with van der Waals surface area (Å²) >= 11 is 7.79. The fourth-order valence-electron chi connectivity index (χ4n) is 2.85. The number of fused-ring (bicyclic) bond motifs is 1. The maximum Gasteiger partial charge on any atom is 0.260 e. The van der Waals surface area contributed by atoms with Gasteiger partial charge in [-0.1, -0.05) is 47.2 Å². The number of aryl methyl sites for hydroxylation is 1. The number of carbonyl (C=O) groups excluding carboxylic acids is 1. The topological polar surface area (TPSA) is 37.6 Å². The van der Waals surface area contributed by atoms with Gasteiger partial charge in [-0.3, -0.25) is 9.69 Å². The SMILES string of the molecule is Cc1ccccc1C(=O)N(CCC[NH+](C)C)c1nc2c(Cl)cccc2s1. The van der Waals surface area contributed by atoms with Crippen molar-refractivity contribution in [3.63, 3.8) is 0 Å². The van der Waals surface area contributed by atoms with E-state index in [1.807, 2.05) is 49.4 Å². The number of rotatable bonds is 6. The van der Waals surface area contributed by atoms with Crippen LogP contribution in [0.4, 0.5) is 5.13 Å². The first-order valence-electron chi connectivity index (χ1n) is 8.69. The van der Waals surface area contributed by atoms with Gasteiger partial charge in [0.25, 0.3) is 5.91 Å². The molecule has 136 valence electrons. The van der Waals surface area contributed by atoms with Crippen molar-refractivity contribution in [2.24, 2.45) is 0 Å². The van der Waals surface area contributed by atoms with Crippen LogP contribution in [0.25, 0.3) is 10.2 Å². The predicted molar refractivity (Wildman–Crippen MR) is 110 cm³/mol. The molecule has 0 atom stereocenters. The molecule has 1 heterocycles. The Morgan fingerprint density at radius 2 is 1.96 bits per heavy atom. The minimum atomic E-state index is -0.00738. The molecule has 0 aliphatic rings. The standard InChI is InChI=1S/C20H22ClN3OS/c1-14-8-4-5-9-15(14)19(25)24(13-7-12-23(2)3)20-22-18-16(21)10-6-11-17(18)26-20/h4-6,8-11H,7,12-13H2,1-3H3/p+1. The Morgan fingerprint density at radius 1 is 1.19 bits per heavy atom. The number of hydrogen-bond donors (Lipinski definition) is 1. The Bertz CT molecular complexity index is 922. The summed E-state index contributed by atoms with van der Waals surface area (Å²) < 4.78 is 0.994. The van der Waals surface area contributed by atoms with Crippen LogP contribution in [0.15, 0.2) is 42.5 Å². The first kappa shape index (κ1) is 18.8. The van der Waals surface area contributed by atoms with Crippen molar-refractivity contribution in [2.75, 3.05) is 32.1 Å². The van der Waals surface area contributed by atoms with Gasteiger partial charge in [0.15, 0.2) is 5.13 Å². The van der Waals surface area contributed by atoms with Crippen LogP contribution in [-0.4, -0.2) is 38.1 Å². The lowest BCUT2D eigenvalue weighted by Crippen LogP contribution is -3.05. The fraction of sp³-hybridized carbons (Fsp3) is 0.300. The van der Waals surface area contributed by atoms with Gasteiger partial charge in [-0.2, -0.15) is 0 Å². The van der Waals surface area contributed by atoms with E-state index >= 15 is 0 Å². The molecule has 3 rings (SSSR count). The maximum absolute atomic E-state index is 13.3. The molecule has 0 unspecified atom stereocenters. The number of hydrogen-bond acceptors (Lipinski definition) is 3. The number of nitrogens with zero attached hydrogens (tertiary/aromatic N) is 2. The number of benzene rings is 2. The third-order valence-electron chi connectivity index (χ3n) is 4.27. The van der Waals surface area contributed by atoms with Crippen LogP contribution in [0.5, 0.6) is 0 Å². The quantitative estimate of drug-likeness (QED) is 0.702. The number of para-hydroxylation sites is 1. The average Bonchev–Trinajstić information content (AvgIpc) is 3.03. The van der Waals surface area contributed by atoms with Gasteiger partial charge in [-0.15, -0.1) is 0 Å². The third-order valence-corrected chi connectivity index (χ3v) is 5.62. The van der Waals surface area contributed by atoms with Crippen molar-refractivity contribution < 1.29 is 9.69 Å². The van der Waals surface area contributed by atoms with Crippen LogP contribution in [0.2, 0.25) is 5.02 Å². The second-order valence-electron chi connectivity index (χ2n) is 6.67. The molecular weight excluding hydrogens is 366 g/mol. The Balaban J connectivity index is 1.97. The summed E-state index contributed by atoms with van der Waals surface area (Å²) in [4.78, 5) is 21.1. The molecule has 0 aliphatic heterocycles. The lowest BCUT2D eigenvalue weighted by molar-refractivity contribution is -0.858. The maximum atomic E-state index is 13.3. The number of halogens is 1. The van der Waals surface area contributed by atoms with Crippen LogP contribution in [0.3, 0.4) is 0 Å². The van der Waals surface area contributed by atoms with Gasteiger partial charge < -0.3 is 4.90 Å². The second kappa shape index (κ2) is 8.16. The highest BCUT2D eigenvalue weighted by atomic mass is 35.5. The van der Waals surface area contributed by atoms with Gasteiger partial charge in [0.1, 0.15) is 5.52 Å². The number of carbonyl (C=O) groups is 1. The van der Waals surface area contributed by atoms with E-state index in [4.69, 9.17) is 11.6 Å². The van der Waals surface area contributed by atoms with Crippen molar-refractivity contribution in [3.05, 3.63) is 58.6 Å². The van der Waals surface area contributed by atoms with Gasteiger partial charge in [-0.25, -0.2) is 4.98 Å². The number of quaternary nitrogens is 1. The van der Waals surface area contributed by atoms with E-state index in [2.05, 4.69) is 19.1 Å². The first-order chi connectivity index (χ1) is 12.5. The molecule has 6 heteroatoms. The van der Waals surface area contributed by atoms with Crippen LogP contribution in [0, 0.1) is 6.92 Å². The Hall–Kier alpha value is -1.95. The normalized spacial score (nSPS) is 11.3. The molecule has 2 aromatic carbocycles. The Kier molecular flexibility index (Phi) is 5.91. The van der Waals surface area contributed by atoms with Crippen LogP contribution < -0.4 is 9.80 Å². The molecule has 0 radical (unpaired) electrons. The molecule has 26 heavy (non-hydrogen) atoms. The van der Waals surface area contributed by atoms with E-state index in [0.29, 0.717) is 16.7 Å². The van der Waals surface area contributed by atoms with E-state index in [1.54, 1.807) is 4.90 Å². The highest BCUT2D eigenvalue weighted by Crippen LogP contribution is 2.33. The lowest BCUT2D eigenvalue weighted by Gasteiger charge is -2.21. The minimum absolute atomic E-state index is 0.00738. The largest absolute Gasteiger partial charge is 0.340 e. The van der Waals surface area contributed by atoms with Gasteiger partial charge in [0.2, 0.25) is 0 Å². The molecule has 0 saturated heterocycles. The van der Waals surface area contributed by atoms with Crippen molar-refractivity contribution in [1.29, 1.82) is 0 Å². The summed E-state index contributed by atoms with van der Waals surface area (Å²) in [6, 6.07) is 13.4. The summed E-state index contributed by atoms with van der Waals surface area (Å²) in [5.41, 5.74) is 2.45. The van der Waals surface area contributed by atoms with Crippen LogP contribution in [0.1, 0.15) is 22.3 Å². The zero-order valence-corrected chi connectivity index (χ0v) is 16.8. The molecule has 0 fully saturated rings. The zero-order chi connectivity index (χ0) is 18.7. The number of aromatic nitrogens is 1.